The van der Waals surface area contributed by atoms with Crippen LogP contribution in [0.3, 0.4) is 0 Å². The van der Waals surface area contributed by atoms with Crippen LogP contribution in [0.5, 0.6) is 0 Å². The number of thiocarbonyl (C=S) groups is 1. The zero-order valence-electron chi connectivity index (χ0n) is 11.6. The fourth-order valence-electron chi connectivity index (χ4n) is 2.35. The standard InChI is InChI=1S/C17H16N2S/c1-11-3-7-13(8-4-11)15-16(19-17(20)18-15)14-9-5-12(2)6-10-14/h3-10,15H,1-2H3,(H,18,20)/t15-/m1/s1. The van der Waals surface area contributed by atoms with Crippen LogP contribution in [0.2, 0.25) is 0 Å². The maximum absolute atomic E-state index is 5.23. The van der Waals surface area contributed by atoms with Gasteiger partial charge in [0.15, 0.2) is 5.11 Å². The summed E-state index contributed by atoms with van der Waals surface area (Å²) in [6, 6.07) is 16.9. The fraction of sp³-hybridized carbons (Fsp3) is 0.176. The Kier molecular flexibility index (Phi) is 3.36. The van der Waals surface area contributed by atoms with Gasteiger partial charge in [-0.25, -0.2) is 4.99 Å². The Bertz CT molecular complexity index is 669. The second-order valence-corrected chi connectivity index (χ2v) is 5.54. The average Bonchev–Trinajstić information content (AvgIpc) is 2.82. The van der Waals surface area contributed by atoms with E-state index in [1.54, 1.807) is 0 Å². The first-order valence-electron chi connectivity index (χ1n) is 6.66. The Labute approximate surface area is 124 Å². The summed E-state index contributed by atoms with van der Waals surface area (Å²) in [6.07, 6.45) is 0. The molecule has 2 nitrogen and oxygen atoms in total. The van der Waals surface area contributed by atoms with E-state index >= 15 is 0 Å². The topological polar surface area (TPSA) is 24.4 Å². The number of hydrogen-bond acceptors (Lipinski definition) is 1. The molecule has 0 spiro atoms. The molecule has 2 aromatic rings. The lowest BCUT2D eigenvalue weighted by Gasteiger charge is -2.15. The lowest BCUT2D eigenvalue weighted by molar-refractivity contribution is 0.867. The summed E-state index contributed by atoms with van der Waals surface area (Å²) in [7, 11) is 0. The first kappa shape index (κ1) is 13.0. The maximum atomic E-state index is 5.23. The van der Waals surface area contributed by atoms with Crippen LogP contribution < -0.4 is 5.32 Å². The van der Waals surface area contributed by atoms with E-state index in [2.05, 4.69) is 72.7 Å². The third-order valence-corrected chi connectivity index (χ3v) is 3.73. The van der Waals surface area contributed by atoms with Crippen molar-refractivity contribution in [3.63, 3.8) is 0 Å². The third kappa shape index (κ3) is 2.49. The molecule has 0 fully saturated rings. The molecule has 3 rings (SSSR count). The van der Waals surface area contributed by atoms with Crippen molar-refractivity contribution in [2.45, 2.75) is 19.9 Å². The quantitative estimate of drug-likeness (QED) is 0.848. The molecule has 1 heterocycles. The molecule has 0 radical (unpaired) electrons. The minimum atomic E-state index is 0.0470. The molecule has 0 bridgehead atoms. The summed E-state index contributed by atoms with van der Waals surface area (Å²) in [6.45, 7) is 4.17. The molecule has 0 saturated heterocycles. The van der Waals surface area contributed by atoms with E-state index in [9.17, 15) is 0 Å². The van der Waals surface area contributed by atoms with Crippen LogP contribution in [0, 0.1) is 13.8 Å². The fourth-order valence-corrected chi connectivity index (χ4v) is 2.57. The number of benzene rings is 2. The van der Waals surface area contributed by atoms with Gasteiger partial charge in [0.25, 0.3) is 0 Å². The summed E-state index contributed by atoms with van der Waals surface area (Å²) in [5.74, 6) is 0. The maximum Gasteiger partial charge on any atom is 0.193 e. The molecular weight excluding hydrogens is 264 g/mol. The van der Waals surface area contributed by atoms with Crippen LogP contribution >= 0.6 is 12.2 Å². The summed E-state index contributed by atoms with van der Waals surface area (Å²) in [4.78, 5) is 4.51. The van der Waals surface area contributed by atoms with E-state index in [0.717, 1.165) is 11.3 Å². The van der Waals surface area contributed by atoms with Crippen molar-refractivity contribution in [1.29, 1.82) is 0 Å². The summed E-state index contributed by atoms with van der Waals surface area (Å²) in [5, 5.41) is 3.84. The predicted octanol–water partition coefficient (Wildman–Crippen LogP) is 3.72. The average molecular weight is 280 g/mol. The monoisotopic (exact) mass is 280 g/mol. The normalized spacial score (nSPS) is 17.8. The van der Waals surface area contributed by atoms with E-state index < -0.39 is 0 Å². The van der Waals surface area contributed by atoms with Gasteiger partial charge in [0, 0.05) is 0 Å². The van der Waals surface area contributed by atoms with Gasteiger partial charge < -0.3 is 5.32 Å². The molecule has 0 aliphatic carbocycles. The van der Waals surface area contributed by atoms with Gasteiger partial charge in [-0.05, 0) is 37.2 Å². The Morgan fingerprint density at radius 3 is 2.05 bits per heavy atom. The Morgan fingerprint density at radius 2 is 1.45 bits per heavy atom. The summed E-state index contributed by atoms with van der Waals surface area (Å²) in [5.41, 5.74) is 5.81. The van der Waals surface area contributed by atoms with Crippen LogP contribution in [-0.4, -0.2) is 10.8 Å². The minimum Gasteiger partial charge on any atom is -0.348 e. The van der Waals surface area contributed by atoms with E-state index in [1.807, 2.05) is 0 Å². The number of aliphatic imine (C=N–C) groups is 1. The van der Waals surface area contributed by atoms with Gasteiger partial charge in [0.2, 0.25) is 0 Å². The highest BCUT2D eigenvalue weighted by Gasteiger charge is 2.26. The number of hydrogen-bond donors (Lipinski definition) is 1. The van der Waals surface area contributed by atoms with Crippen molar-refractivity contribution in [3.8, 4) is 0 Å². The zero-order chi connectivity index (χ0) is 14.1. The molecule has 1 aliphatic heterocycles. The SMILES string of the molecule is Cc1ccc(C2=NC(=S)N[C@@H]2c2ccc(C)cc2)cc1. The van der Waals surface area contributed by atoms with Gasteiger partial charge in [-0.1, -0.05) is 59.7 Å². The van der Waals surface area contributed by atoms with Crippen molar-refractivity contribution < 1.29 is 0 Å². The Morgan fingerprint density at radius 1 is 0.900 bits per heavy atom. The van der Waals surface area contributed by atoms with Crippen LogP contribution in [0.4, 0.5) is 0 Å². The molecule has 20 heavy (non-hydrogen) atoms. The van der Waals surface area contributed by atoms with Crippen molar-refractivity contribution in [2.75, 3.05) is 0 Å². The molecule has 3 heteroatoms. The lowest BCUT2D eigenvalue weighted by atomic mass is 9.96. The molecule has 0 aromatic heterocycles. The predicted molar refractivity (Wildman–Crippen MR) is 87.4 cm³/mol. The molecule has 0 amide bonds. The summed E-state index contributed by atoms with van der Waals surface area (Å²) >= 11 is 5.23. The molecule has 1 atom stereocenters. The molecule has 2 aromatic carbocycles. The van der Waals surface area contributed by atoms with E-state index in [-0.39, 0.29) is 6.04 Å². The van der Waals surface area contributed by atoms with E-state index in [4.69, 9.17) is 12.2 Å². The minimum absolute atomic E-state index is 0.0470. The van der Waals surface area contributed by atoms with Crippen LogP contribution in [0.15, 0.2) is 53.5 Å². The molecule has 1 N–H and O–H groups in total. The van der Waals surface area contributed by atoms with E-state index in [0.29, 0.717) is 5.11 Å². The number of nitrogens with zero attached hydrogens (tertiary/aromatic N) is 1. The highest BCUT2D eigenvalue weighted by Crippen LogP contribution is 2.24. The number of aryl methyl sites for hydroxylation is 2. The van der Waals surface area contributed by atoms with Crippen molar-refractivity contribution in [2.24, 2.45) is 4.99 Å². The summed E-state index contributed by atoms with van der Waals surface area (Å²) < 4.78 is 0. The van der Waals surface area contributed by atoms with Crippen molar-refractivity contribution in [3.05, 3.63) is 70.8 Å². The van der Waals surface area contributed by atoms with Crippen LogP contribution in [-0.2, 0) is 0 Å². The van der Waals surface area contributed by atoms with Crippen molar-refractivity contribution >= 4 is 23.0 Å². The Balaban J connectivity index is 1.99. The van der Waals surface area contributed by atoms with Gasteiger partial charge in [-0.2, -0.15) is 0 Å². The second kappa shape index (κ2) is 5.17. The van der Waals surface area contributed by atoms with E-state index in [1.165, 1.54) is 16.7 Å². The smallest absolute Gasteiger partial charge is 0.193 e. The lowest BCUT2D eigenvalue weighted by Crippen LogP contribution is -2.23. The first-order valence-corrected chi connectivity index (χ1v) is 7.07. The Hall–Kier alpha value is -2.00. The van der Waals surface area contributed by atoms with Gasteiger partial charge >= 0.3 is 0 Å². The first-order chi connectivity index (χ1) is 9.63. The molecule has 0 unspecified atom stereocenters. The largest absolute Gasteiger partial charge is 0.348 e. The van der Waals surface area contributed by atoms with Gasteiger partial charge in [-0.15, -0.1) is 0 Å². The molecule has 0 saturated carbocycles. The number of nitrogens with one attached hydrogen (secondary N) is 1. The van der Waals surface area contributed by atoms with Gasteiger partial charge in [-0.3, -0.25) is 0 Å². The van der Waals surface area contributed by atoms with Gasteiger partial charge in [0.1, 0.15) is 0 Å². The van der Waals surface area contributed by atoms with Gasteiger partial charge in [0.05, 0.1) is 11.8 Å². The zero-order valence-corrected chi connectivity index (χ0v) is 12.4. The second-order valence-electron chi connectivity index (χ2n) is 5.16. The number of rotatable bonds is 2. The molecule has 100 valence electrons. The van der Waals surface area contributed by atoms with Crippen molar-refractivity contribution in [1.82, 2.24) is 5.32 Å². The highest BCUT2D eigenvalue weighted by atomic mass is 32.1. The molecular formula is C17H16N2S. The molecule has 1 aliphatic rings. The van der Waals surface area contributed by atoms with Crippen LogP contribution in [0.25, 0.3) is 0 Å². The van der Waals surface area contributed by atoms with Crippen LogP contribution in [0.1, 0.15) is 28.3 Å². The highest BCUT2D eigenvalue weighted by molar-refractivity contribution is 7.80. The third-order valence-electron chi connectivity index (χ3n) is 3.52.